The Labute approximate surface area is 95.6 Å². The predicted molar refractivity (Wildman–Crippen MR) is 60.2 cm³/mol. The highest BCUT2D eigenvalue weighted by atomic mass is 16.4. The number of hydrogen-bond acceptors (Lipinski definition) is 2. The fourth-order valence-electron chi connectivity index (χ4n) is 1.50. The number of carbonyl (C=O) groups excluding carboxylic acids is 1. The number of urea groups is 1. The Balaban J connectivity index is 2.14. The van der Waals surface area contributed by atoms with E-state index in [0.29, 0.717) is 12.0 Å². The van der Waals surface area contributed by atoms with Crippen LogP contribution in [-0.2, 0) is 4.79 Å². The largest absolute Gasteiger partial charge is 0.481 e. The van der Waals surface area contributed by atoms with Crippen LogP contribution < -0.4 is 10.6 Å². The third kappa shape index (κ3) is 3.72. The van der Waals surface area contributed by atoms with Crippen molar-refractivity contribution in [1.29, 1.82) is 0 Å². The maximum absolute atomic E-state index is 11.3. The first-order chi connectivity index (χ1) is 7.49. The van der Waals surface area contributed by atoms with Crippen LogP contribution in [0.2, 0.25) is 0 Å². The van der Waals surface area contributed by atoms with Gasteiger partial charge in [0.1, 0.15) is 0 Å². The average Bonchev–Trinajstić information content (AvgIpc) is 3.03. The maximum atomic E-state index is 11.3. The van der Waals surface area contributed by atoms with E-state index in [2.05, 4.69) is 17.6 Å². The van der Waals surface area contributed by atoms with Gasteiger partial charge >= 0.3 is 12.0 Å². The van der Waals surface area contributed by atoms with Gasteiger partial charge in [0, 0.05) is 13.1 Å². The summed E-state index contributed by atoms with van der Waals surface area (Å²) in [6.45, 7) is 4.55. The normalized spacial score (nSPS) is 18.6. The Morgan fingerprint density at radius 1 is 1.38 bits per heavy atom. The van der Waals surface area contributed by atoms with Gasteiger partial charge in [-0.05, 0) is 24.7 Å². The van der Waals surface area contributed by atoms with Gasteiger partial charge in [-0.1, -0.05) is 13.8 Å². The van der Waals surface area contributed by atoms with Gasteiger partial charge in [0.05, 0.1) is 5.92 Å². The summed E-state index contributed by atoms with van der Waals surface area (Å²) in [6.07, 6.45) is 3.43. The summed E-state index contributed by atoms with van der Waals surface area (Å²) >= 11 is 0. The van der Waals surface area contributed by atoms with Crippen molar-refractivity contribution in [3.05, 3.63) is 0 Å². The number of aliphatic carboxylic acids is 1. The van der Waals surface area contributed by atoms with Crippen molar-refractivity contribution >= 4 is 12.0 Å². The fraction of sp³-hybridized carbons (Fsp3) is 0.818. The topological polar surface area (TPSA) is 78.4 Å². The molecular formula is C11H20N2O3. The van der Waals surface area contributed by atoms with Crippen LogP contribution >= 0.6 is 0 Å². The number of amides is 2. The van der Waals surface area contributed by atoms with Gasteiger partial charge in [-0.3, -0.25) is 4.79 Å². The first-order valence-electron chi connectivity index (χ1n) is 5.73. The van der Waals surface area contributed by atoms with E-state index in [-0.39, 0.29) is 12.6 Å². The summed E-state index contributed by atoms with van der Waals surface area (Å²) in [5, 5.41) is 14.0. The van der Waals surface area contributed by atoms with E-state index in [0.717, 1.165) is 6.42 Å². The van der Waals surface area contributed by atoms with Crippen molar-refractivity contribution in [1.82, 2.24) is 10.6 Å². The summed E-state index contributed by atoms with van der Waals surface area (Å²) in [7, 11) is 0. The van der Waals surface area contributed by atoms with E-state index in [1.165, 1.54) is 12.8 Å². The third-order valence-corrected chi connectivity index (χ3v) is 3.32. The van der Waals surface area contributed by atoms with Gasteiger partial charge in [0.25, 0.3) is 0 Å². The van der Waals surface area contributed by atoms with Gasteiger partial charge in [0.15, 0.2) is 0 Å². The Bertz CT molecular complexity index is 274. The van der Waals surface area contributed by atoms with E-state index < -0.39 is 11.9 Å². The molecule has 3 N–H and O–H groups in total. The minimum absolute atomic E-state index is 0.167. The zero-order chi connectivity index (χ0) is 12.2. The molecule has 0 heterocycles. The third-order valence-electron chi connectivity index (χ3n) is 3.32. The molecule has 0 aliphatic heterocycles. The molecule has 0 aromatic heterocycles. The number of hydrogen-bond donors (Lipinski definition) is 3. The molecule has 92 valence electrons. The predicted octanol–water partition coefficient (Wildman–Crippen LogP) is 1.20. The molecule has 1 rings (SSSR count). The van der Waals surface area contributed by atoms with Crippen molar-refractivity contribution in [2.45, 2.75) is 33.1 Å². The van der Waals surface area contributed by atoms with Crippen LogP contribution in [0.4, 0.5) is 4.79 Å². The molecule has 1 aliphatic carbocycles. The molecule has 1 atom stereocenters. The lowest BCUT2D eigenvalue weighted by molar-refractivity contribution is -0.140. The van der Waals surface area contributed by atoms with Crippen LogP contribution in [-0.4, -0.2) is 30.2 Å². The van der Waals surface area contributed by atoms with E-state index in [4.69, 9.17) is 5.11 Å². The van der Waals surface area contributed by atoms with Crippen LogP contribution in [0.25, 0.3) is 0 Å². The molecule has 0 aromatic carbocycles. The molecule has 2 amide bonds. The summed E-state index contributed by atoms with van der Waals surface area (Å²) in [5.74, 6) is -1.45. The van der Waals surface area contributed by atoms with Crippen molar-refractivity contribution in [3.63, 3.8) is 0 Å². The number of carboxylic acids is 1. The summed E-state index contributed by atoms with van der Waals surface area (Å²) < 4.78 is 0. The van der Waals surface area contributed by atoms with Crippen molar-refractivity contribution in [3.8, 4) is 0 Å². The second-order valence-corrected chi connectivity index (χ2v) is 4.66. The van der Waals surface area contributed by atoms with Gasteiger partial charge in [-0.25, -0.2) is 4.79 Å². The van der Waals surface area contributed by atoms with E-state index >= 15 is 0 Å². The van der Waals surface area contributed by atoms with Gasteiger partial charge in [-0.15, -0.1) is 0 Å². The zero-order valence-corrected chi connectivity index (χ0v) is 9.88. The summed E-state index contributed by atoms with van der Waals surface area (Å²) in [4.78, 5) is 21.9. The van der Waals surface area contributed by atoms with Gasteiger partial charge < -0.3 is 15.7 Å². The molecule has 0 bridgehead atoms. The molecule has 1 saturated carbocycles. The molecule has 0 aromatic rings. The summed E-state index contributed by atoms with van der Waals surface area (Å²) in [6, 6.07) is -0.271. The molecular weight excluding hydrogens is 208 g/mol. The highest BCUT2D eigenvalue weighted by Crippen LogP contribution is 2.47. The Hall–Kier alpha value is -1.26. The number of carboxylic acid groups (broad SMARTS) is 1. The van der Waals surface area contributed by atoms with E-state index in [1.54, 1.807) is 6.92 Å². The van der Waals surface area contributed by atoms with Crippen LogP contribution in [0.15, 0.2) is 0 Å². The Kier molecular flexibility index (Phi) is 4.15. The van der Waals surface area contributed by atoms with E-state index in [1.807, 2.05) is 0 Å². The molecule has 0 radical (unpaired) electrons. The Morgan fingerprint density at radius 2 is 2.00 bits per heavy atom. The molecule has 0 spiro atoms. The lowest BCUT2D eigenvalue weighted by atomic mass is 10.0. The summed E-state index contributed by atoms with van der Waals surface area (Å²) in [5.41, 5.74) is 0.315. The zero-order valence-electron chi connectivity index (χ0n) is 9.88. The Morgan fingerprint density at radius 3 is 2.44 bits per heavy atom. The van der Waals surface area contributed by atoms with E-state index in [9.17, 15) is 9.59 Å². The average molecular weight is 228 g/mol. The van der Waals surface area contributed by atoms with Crippen molar-refractivity contribution in [2.75, 3.05) is 13.1 Å². The lowest BCUT2D eigenvalue weighted by Crippen LogP contribution is -2.41. The molecule has 0 saturated heterocycles. The number of rotatable bonds is 6. The minimum atomic E-state index is -0.896. The van der Waals surface area contributed by atoms with Crippen LogP contribution in [0.1, 0.15) is 33.1 Å². The first kappa shape index (κ1) is 12.8. The number of carbonyl (C=O) groups is 2. The van der Waals surface area contributed by atoms with Gasteiger partial charge in [-0.2, -0.15) is 0 Å². The lowest BCUT2D eigenvalue weighted by Gasteiger charge is -2.14. The maximum Gasteiger partial charge on any atom is 0.314 e. The van der Waals surface area contributed by atoms with Crippen LogP contribution in [0.5, 0.6) is 0 Å². The molecule has 16 heavy (non-hydrogen) atoms. The second-order valence-electron chi connectivity index (χ2n) is 4.66. The smallest absolute Gasteiger partial charge is 0.314 e. The highest BCUT2D eigenvalue weighted by molar-refractivity contribution is 5.75. The van der Waals surface area contributed by atoms with Crippen molar-refractivity contribution in [2.24, 2.45) is 11.3 Å². The molecule has 5 nitrogen and oxygen atoms in total. The second kappa shape index (κ2) is 5.18. The molecule has 1 aliphatic rings. The highest BCUT2D eigenvalue weighted by Gasteiger charge is 2.40. The molecule has 5 heteroatoms. The fourth-order valence-corrected chi connectivity index (χ4v) is 1.50. The van der Waals surface area contributed by atoms with Crippen molar-refractivity contribution < 1.29 is 14.7 Å². The minimum Gasteiger partial charge on any atom is -0.481 e. The van der Waals surface area contributed by atoms with Gasteiger partial charge in [0.2, 0.25) is 0 Å². The SMILES string of the molecule is CCC1(CNC(=O)NCC(C)C(=O)O)CC1. The monoisotopic (exact) mass is 228 g/mol. The number of nitrogens with one attached hydrogen (secondary N) is 2. The van der Waals surface area contributed by atoms with Crippen LogP contribution in [0.3, 0.4) is 0 Å². The standard InChI is InChI=1S/C11H20N2O3/c1-3-11(4-5-11)7-13-10(16)12-6-8(2)9(14)15/h8H,3-7H2,1-2H3,(H,14,15)(H2,12,13,16). The molecule has 1 unspecified atom stereocenters. The quantitative estimate of drug-likeness (QED) is 0.639. The molecule has 1 fully saturated rings. The first-order valence-corrected chi connectivity index (χ1v) is 5.73. The van der Waals surface area contributed by atoms with Crippen LogP contribution in [0, 0.1) is 11.3 Å².